The number of nitrogens with zero attached hydrogens (tertiary/aromatic N) is 2. The Bertz CT molecular complexity index is 3030. The summed E-state index contributed by atoms with van der Waals surface area (Å²) in [6.07, 6.45) is 0. The Morgan fingerprint density at radius 1 is 0.396 bits per heavy atom. The summed E-state index contributed by atoms with van der Waals surface area (Å²) >= 11 is 0. The second-order valence-corrected chi connectivity index (χ2v) is 15.2. The van der Waals surface area contributed by atoms with Crippen LogP contribution >= 0.6 is 0 Å². The van der Waals surface area contributed by atoms with E-state index in [9.17, 15) is 0 Å². The number of benzene rings is 8. The molecule has 2 spiro atoms. The van der Waals surface area contributed by atoms with Gasteiger partial charge in [-0.3, -0.25) is 0 Å². The molecule has 0 amide bonds. The minimum atomic E-state index is -0.212. The molecular weight excluding hydrogens is 641 g/mol. The molecule has 1 aliphatic heterocycles. The van der Waals surface area contributed by atoms with Gasteiger partial charge >= 0.3 is 0 Å². The van der Waals surface area contributed by atoms with Gasteiger partial charge in [0.15, 0.2) is 0 Å². The Balaban J connectivity index is 0.981. The van der Waals surface area contributed by atoms with Crippen molar-refractivity contribution in [2.24, 2.45) is 0 Å². The van der Waals surface area contributed by atoms with Gasteiger partial charge in [-0.1, -0.05) is 133 Å². The number of hydrogen-bond donors (Lipinski definition) is 0. The fourth-order valence-electron chi connectivity index (χ4n) is 11.5. The van der Waals surface area contributed by atoms with Crippen molar-refractivity contribution in [3.8, 4) is 16.8 Å². The van der Waals surface area contributed by atoms with Crippen LogP contribution in [0.2, 0.25) is 0 Å². The van der Waals surface area contributed by atoms with Crippen molar-refractivity contribution >= 4 is 38.9 Å². The van der Waals surface area contributed by atoms with E-state index in [1.165, 1.54) is 94.6 Å². The molecule has 4 aliphatic rings. The van der Waals surface area contributed by atoms with Gasteiger partial charge in [0, 0.05) is 33.5 Å². The van der Waals surface area contributed by atoms with E-state index in [1.807, 2.05) is 0 Å². The summed E-state index contributed by atoms with van der Waals surface area (Å²) in [7, 11) is 0. The second-order valence-electron chi connectivity index (χ2n) is 15.2. The third kappa shape index (κ3) is 3.04. The van der Waals surface area contributed by atoms with Crippen LogP contribution in [0, 0.1) is 0 Å². The first-order chi connectivity index (χ1) is 26.3. The first-order valence-corrected chi connectivity index (χ1v) is 18.7. The maximum atomic E-state index is 2.53. The van der Waals surface area contributed by atoms with Crippen LogP contribution in [0.3, 0.4) is 0 Å². The van der Waals surface area contributed by atoms with Gasteiger partial charge < -0.3 is 9.47 Å². The van der Waals surface area contributed by atoms with E-state index in [1.54, 1.807) is 0 Å². The Labute approximate surface area is 307 Å². The standard InChI is InChI=1S/C51H32N2/c1-2-13-34(14-3-1)52-44-22-10-5-15-36(44)39-31-33(27-30-45(39)52)32-25-28-35(29-26-32)53-46-23-11-9-21-43(46)51-42-20-8-7-19-41(42)50(51)40-18-6-4-16-37(40)48(50)38-17-12-24-47(53)49(38)51/h1-31,48H. The third-order valence-corrected chi connectivity index (χ3v) is 13.2. The number of para-hydroxylation sites is 3. The molecule has 8 aromatic carbocycles. The fraction of sp³-hybridized carbons (Fsp3) is 0.0588. The molecule has 0 radical (unpaired) electrons. The second kappa shape index (κ2) is 9.61. The molecular formula is C51H32N2. The molecule has 53 heavy (non-hydrogen) atoms. The molecule has 9 aromatic rings. The molecule has 1 aromatic heterocycles. The van der Waals surface area contributed by atoms with Gasteiger partial charge in [-0.15, -0.1) is 0 Å². The lowest BCUT2D eigenvalue weighted by atomic mass is 9.35. The van der Waals surface area contributed by atoms with Crippen molar-refractivity contribution in [3.63, 3.8) is 0 Å². The zero-order valence-corrected chi connectivity index (χ0v) is 28.9. The van der Waals surface area contributed by atoms with E-state index in [0.29, 0.717) is 5.92 Å². The zero-order chi connectivity index (χ0) is 34.5. The largest absolute Gasteiger partial charge is 0.310 e. The van der Waals surface area contributed by atoms with E-state index >= 15 is 0 Å². The van der Waals surface area contributed by atoms with E-state index in [0.717, 1.165) is 0 Å². The third-order valence-electron chi connectivity index (χ3n) is 13.2. The summed E-state index contributed by atoms with van der Waals surface area (Å²) in [5, 5.41) is 2.54. The Hall–Kier alpha value is -6.64. The quantitative estimate of drug-likeness (QED) is 0.181. The predicted octanol–water partition coefficient (Wildman–Crippen LogP) is 12.3. The molecule has 0 saturated heterocycles. The lowest BCUT2D eigenvalue weighted by molar-refractivity contribution is 0.257. The van der Waals surface area contributed by atoms with Gasteiger partial charge in [-0.25, -0.2) is 0 Å². The Kier molecular flexibility index (Phi) is 5.08. The minimum Gasteiger partial charge on any atom is -0.310 e. The number of rotatable bonds is 3. The number of hydrogen-bond acceptors (Lipinski definition) is 1. The molecule has 2 heterocycles. The molecule has 0 fully saturated rings. The summed E-state index contributed by atoms with van der Waals surface area (Å²) in [5.41, 5.74) is 19.9. The molecule has 3 aliphatic carbocycles. The van der Waals surface area contributed by atoms with Crippen molar-refractivity contribution < 1.29 is 0 Å². The van der Waals surface area contributed by atoms with Gasteiger partial charge in [0.25, 0.3) is 0 Å². The summed E-state index contributed by atoms with van der Waals surface area (Å²) in [6, 6.07) is 70.5. The SMILES string of the molecule is c1ccc(-n2c3ccccc3c3cc(-c4ccc(N5c6ccccc6C67c8ccccc8C68c6ccccc6C8c6cccc5c67)cc4)ccc32)cc1. The number of fused-ring (bicyclic) bond motifs is 8. The highest BCUT2D eigenvalue weighted by molar-refractivity contribution is 6.10. The fourth-order valence-corrected chi connectivity index (χ4v) is 11.5. The molecule has 0 N–H and O–H groups in total. The van der Waals surface area contributed by atoms with Crippen LogP contribution in [0.4, 0.5) is 17.1 Å². The van der Waals surface area contributed by atoms with Gasteiger partial charge in [-0.05, 0) is 105 Å². The molecule has 3 unspecified atom stereocenters. The Morgan fingerprint density at radius 2 is 1.04 bits per heavy atom. The van der Waals surface area contributed by atoms with Gasteiger partial charge in [0.2, 0.25) is 0 Å². The average molecular weight is 673 g/mol. The summed E-state index contributed by atoms with van der Waals surface area (Å²) in [5.74, 6) is 0.349. The van der Waals surface area contributed by atoms with Crippen molar-refractivity contribution in [1.29, 1.82) is 0 Å². The highest BCUT2D eigenvalue weighted by Crippen LogP contribution is 2.84. The molecule has 0 saturated carbocycles. The summed E-state index contributed by atoms with van der Waals surface area (Å²) < 4.78 is 2.38. The lowest BCUT2D eigenvalue weighted by Gasteiger charge is -2.66. The zero-order valence-electron chi connectivity index (χ0n) is 28.9. The van der Waals surface area contributed by atoms with Gasteiger partial charge in [0.1, 0.15) is 0 Å². The first-order valence-electron chi connectivity index (χ1n) is 18.7. The van der Waals surface area contributed by atoms with Crippen LogP contribution in [0.1, 0.15) is 44.9 Å². The van der Waals surface area contributed by atoms with Crippen LogP contribution in [0.5, 0.6) is 0 Å². The smallest absolute Gasteiger partial charge is 0.0644 e. The van der Waals surface area contributed by atoms with Crippen LogP contribution in [-0.2, 0) is 10.8 Å². The molecule has 246 valence electrons. The minimum absolute atomic E-state index is 0.0764. The molecule has 3 atom stereocenters. The number of aromatic nitrogens is 1. The monoisotopic (exact) mass is 672 g/mol. The highest BCUT2D eigenvalue weighted by Gasteiger charge is 2.79. The predicted molar refractivity (Wildman–Crippen MR) is 216 cm³/mol. The number of anilines is 3. The van der Waals surface area contributed by atoms with Crippen molar-refractivity contribution in [3.05, 3.63) is 227 Å². The van der Waals surface area contributed by atoms with Crippen molar-refractivity contribution in [2.75, 3.05) is 4.90 Å². The maximum Gasteiger partial charge on any atom is 0.0644 e. The van der Waals surface area contributed by atoms with Gasteiger partial charge in [-0.2, -0.15) is 0 Å². The van der Waals surface area contributed by atoms with E-state index in [2.05, 4.69) is 198 Å². The van der Waals surface area contributed by atoms with Gasteiger partial charge in [0.05, 0.1) is 27.8 Å². The topological polar surface area (TPSA) is 8.17 Å². The van der Waals surface area contributed by atoms with Crippen LogP contribution in [0.25, 0.3) is 38.6 Å². The normalized spacial score (nSPS) is 20.8. The lowest BCUT2D eigenvalue weighted by Crippen LogP contribution is -2.64. The van der Waals surface area contributed by atoms with Crippen LogP contribution in [-0.4, -0.2) is 4.57 Å². The van der Waals surface area contributed by atoms with Crippen molar-refractivity contribution in [2.45, 2.75) is 16.7 Å². The van der Waals surface area contributed by atoms with Crippen molar-refractivity contribution in [1.82, 2.24) is 4.57 Å². The first kappa shape index (κ1) is 28.0. The van der Waals surface area contributed by atoms with E-state index in [-0.39, 0.29) is 10.8 Å². The maximum absolute atomic E-state index is 2.53. The molecule has 13 rings (SSSR count). The van der Waals surface area contributed by atoms with Crippen LogP contribution < -0.4 is 4.90 Å². The van der Waals surface area contributed by atoms with E-state index in [4.69, 9.17) is 0 Å². The average Bonchev–Trinajstić information content (AvgIpc) is 3.64. The molecule has 2 heteroatoms. The van der Waals surface area contributed by atoms with E-state index < -0.39 is 0 Å². The summed E-state index contributed by atoms with van der Waals surface area (Å²) in [6.45, 7) is 0. The molecule has 2 nitrogen and oxygen atoms in total. The Morgan fingerprint density at radius 3 is 1.91 bits per heavy atom. The molecule has 0 bridgehead atoms. The summed E-state index contributed by atoms with van der Waals surface area (Å²) in [4.78, 5) is 2.53. The highest BCUT2D eigenvalue weighted by atomic mass is 15.2. The van der Waals surface area contributed by atoms with Crippen LogP contribution in [0.15, 0.2) is 188 Å².